The number of hydrogen-bond donors (Lipinski definition) is 0. The molecular weight excluding hydrogens is 244 g/mol. The molecule has 3 nitrogen and oxygen atoms in total. The molecule has 99 valence electrons. The molecule has 1 rings (SSSR count). The van der Waals surface area contributed by atoms with Gasteiger partial charge in [0.2, 0.25) is 0 Å². The molecule has 0 fully saturated rings. The Morgan fingerprint density at radius 1 is 1.28 bits per heavy atom. The van der Waals surface area contributed by atoms with Crippen molar-refractivity contribution in [3.05, 3.63) is 23.8 Å². The maximum absolute atomic E-state index is 10.9. The molecule has 1 radical (unpaired) electrons. The fourth-order valence-electron chi connectivity index (χ4n) is 1.75. The zero-order chi connectivity index (χ0) is 13.5. The largest absolute Gasteiger partial charge is 0.493 e. The Labute approximate surface area is 111 Å². The van der Waals surface area contributed by atoms with Crippen LogP contribution in [0.25, 0.3) is 0 Å². The molecular formula is C14H21O3Si. The number of carbonyl (C=O) groups is 1. The minimum Gasteiger partial charge on any atom is -0.493 e. The molecule has 0 amide bonds. The molecule has 0 aliphatic heterocycles. The van der Waals surface area contributed by atoms with Gasteiger partial charge in [-0.2, -0.15) is 0 Å². The molecule has 0 aromatic heterocycles. The lowest BCUT2D eigenvalue weighted by Gasteiger charge is -2.10. The lowest BCUT2D eigenvalue weighted by atomic mass is 10.1. The van der Waals surface area contributed by atoms with Crippen LogP contribution >= 0.6 is 0 Å². The van der Waals surface area contributed by atoms with Crippen LogP contribution in [0.4, 0.5) is 0 Å². The summed E-state index contributed by atoms with van der Waals surface area (Å²) in [5.74, 6) is 0.788. The molecule has 0 aliphatic carbocycles. The highest BCUT2D eigenvalue weighted by molar-refractivity contribution is 6.55. The molecule has 0 spiro atoms. The van der Waals surface area contributed by atoms with E-state index in [2.05, 4.69) is 13.1 Å². The molecule has 0 aliphatic rings. The van der Waals surface area contributed by atoms with E-state index in [1.807, 2.05) is 12.1 Å². The van der Waals surface area contributed by atoms with Crippen molar-refractivity contribution in [2.75, 3.05) is 7.11 Å². The number of carbonyl (C=O) groups excluding carboxylic acids is 1. The first-order valence-electron chi connectivity index (χ1n) is 6.17. The quantitative estimate of drug-likeness (QED) is 0.450. The number of hydrogen-bond acceptors (Lipinski definition) is 3. The molecule has 0 N–H and O–H groups in total. The highest BCUT2D eigenvalue weighted by Gasteiger charge is 2.08. The fraction of sp³-hybridized carbons (Fsp3) is 0.500. The molecule has 1 aromatic rings. The van der Waals surface area contributed by atoms with Crippen molar-refractivity contribution in [1.29, 1.82) is 0 Å². The summed E-state index contributed by atoms with van der Waals surface area (Å²) >= 11 is 0. The van der Waals surface area contributed by atoms with Gasteiger partial charge in [0.05, 0.1) is 7.11 Å². The van der Waals surface area contributed by atoms with Crippen LogP contribution in [0.2, 0.25) is 19.1 Å². The van der Waals surface area contributed by atoms with Crippen LogP contribution in [0, 0.1) is 0 Å². The minimum atomic E-state index is -0.328. The van der Waals surface area contributed by atoms with E-state index in [4.69, 9.17) is 9.47 Å². The van der Waals surface area contributed by atoms with Gasteiger partial charge in [-0.05, 0) is 24.1 Å². The molecule has 0 atom stereocenters. The van der Waals surface area contributed by atoms with Gasteiger partial charge in [-0.25, -0.2) is 0 Å². The number of rotatable bonds is 6. The smallest absolute Gasteiger partial charge is 0.308 e. The third-order valence-electron chi connectivity index (χ3n) is 2.62. The third-order valence-corrected chi connectivity index (χ3v) is 3.98. The van der Waals surface area contributed by atoms with E-state index in [0.717, 1.165) is 6.42 Å². The van der Waals surface area contributed by atoms with E-state index in [-0.39, 0.29) is 14.8 Å². The van der Waals surface area contributed by atoms with Crippen molar-refractivity contribution in [3.8, 4) is 11.5 Å². The summed E-state index contributed by atoms with van der Waals surface area (Å²) in [7, 11) is 1.44. The summed E-state index contributed by atoms with van der Waals surface area (Å²) < 4.78 is 10.3. The zero-order valence-electron chi connectivity index (χ0n) is 11.6. The first kappa shape index (κ1) is 14.8. The molecule has 0 saturated carbocycles. The highest BCUT2D eigenvalue weighted by Crippen LogP contribution is 2.28. The van der Waals surface area contributed by atoms with Crippen LogP contribution in [-0.4, -0.2) is 21.9 Å². The van der Waals surface area contributed by atoms with Gasteiger partial charge in [0.1, 0.15) is 0 Å². The summed E-state index contributed by atoms with van der Waals surface area (Å²) in [6, 6.07) is 7.08. The predicted octanol–water partition coefficient (Wildman–Crippen LogP) is 3.31. The van der Waals surface area contributed by atoms with Crippen molar-refractivity contribution in [3.63, 3.8) is 0 Å². The van der Waals surface area contributed by atoms with Crippen LogP contribution in [0.3, 0.4) is 0 Å². The van der Waals surface area contributed by atoms with Gasteiger partial charge in [-0.15, -0.1) is 0 Å². The second-order valence-electron chi connectivity index (χ2n) is 4.64. The number of ether oxygens (including phenoxy) is 2. The van der Waals surface area contributed by atoms with Crippen molar-refractivity contribution < 1.29 is 14.3 Å². The van der Waals surface area contributed by atoms with E-state index in [9.17, 15) is 4.79 Å². The molecule has 0 unspecified atom stereocenters. The van der Waals surface area contributed by atoms with E-state index in [1.54, 1.807) is 13.2 Å². The standard InChI is InChI=1S/C14H21O3Si/c1-11(15)17-13-8-7-12(10-14(13)16-2)6-5-9-18(3)4/h7-8,10H,5-6,9H2,1-4H3. The van der Waals surface area contributed by atoms with Crippen LogP contribution in [0.15, 0.2) is 18.2 Å². The second-order valence-corrected chi connectivity index (χ2v) is 7.55. The Bertz CT molecular complexity index is 402. The zero-order valence-corrected chi connectivity index (χ0v) is 12.6. The number of benzene rings is 1. The van der Waals surface area contributed by atoms with Crippen molar-refractivity contribution in [2.45, 2.75) is 38.9 Å². The Hall–Kier alpha value is -1.29. The van der Waals surface area contributed by atoms with Crippen LogP contribution in [-0.2, 0) is 11.2 Å². The predicted molar refractivity (Wildman–Crippen MR) is 74.9 cm³/mol. The van der Waals surface area contributed by atoms with Crippen LogP contribution < -0.4 is 9.47 Å². The lowest BCUT2D eigenvalue weighted by Crippen LogP contribution is -2.03. The maximum atomic E-state index is 10.9. The van der Waals surface area contributed by atoms with Crippen molar-refractivity contribution in [1.82, 2.24) is 0 Å². The Morgan fingerprint density at radius 3 is 2.56 bits per heavy atom. The highest BCUT2D eigenvalue weighted by atomic mass is 28.3. The fourth-order valence-corrected chi connectivity index (χ4v) is 2.64. The van der Waals surface area contributed by atoms with E-state index in [1.165, 1.54) is 25.0 Å². The normalized spacial score (nSPS) is 10.5. The molecule has 1 aromatic carbocycles. The molecule has 4 heteroatoms. The average molecular weight is 265 g/mol. The van der Waals surface area contributed by atoms with Crippen LogP contribution in [0.5, 0.6) is 11.5 Å². The van der Waals surface area contributed by atoms with Gasteiger partial charge in [0.25, 0.3) is 0 Å². The average Bonchev–Trinajstić information content (AvgIpc) is 2.29. The van der Waals surface area contributed by atoms with Crippen molar-refractivity contribution in [2.24, 2.45) is 0 Å². The summed E-state index contributed by atoms with van der Waals surface area (Å²) in [5, 5.41) is 0. The Kier molecular flexibility index (Phi) is 5.91. The van der Waals surface area contributed by atoms with Crippen molar-refractivity contribution >= 4 is 14.8 Å². The molecule has 0 heterocycles. The first-order chi connectivity index (χ1) is 8.52. The monoisotopic (exact) mass is 265 g/mol. The molecule has 0 bridgehead atoms. The first-order valence-corrected chi connectivity index (χ1v) is 8.88. The number of esters is 1. The Morgan fingerprint density at radius 2 is 2.00 bits per heavy atom. The van der Waals surface area contributed by atoms with Gasteiger partial charge in [-0.3, -0.25) is 4.79 Å². The number of methoxy groups -OCH3 is 1. The Balaban J connectivity index is 2.69. The number of aryl methyl sites for hydroxylation is 1. The third kappa shape index (κ3) is 4.92. The van der Waals surface area contributed by atoms with E-state index >= 15 is 0 Å². The molecule has 18 heavy (non-hydrogen) atoms. The SMILES string of the molecule is COc1cc(CCC[Si](C)C)ccc1OC(C)=O. The lowest BCUT2D eigenvalue weighted by molar-refractivity contribution is -0.132. The summed E-state index contributed by atoms with van der Waals surface area (Å²) in [6.07, 6.45) is 2.25. The van der Waals surface area contributed by atoms with Gasteiger partial charge in [0.15, 0.2) is 11.5 Å². The summed E-state index contributed by atoms with van der Waals surface area (Å²) in [5.41, 5.74) is 1.23. The van der Waals surface area contributed by atoms with Gasteiger partial charge in [0, 0.05) is 15.7 Å². The van der Waals surface area contributed by atoms with E-state index in [0.29, 0.717) is 11.5 Å². The summed E-state index contributed by atoms with van der Waals surface area (Å²) in [6.45, 7) is 6.05. The van der Waals surface area contributed by atoms with Gasteiger partial charge < -0.3 is 9.47 Å². The summed E-state index contributed by atoms with van der Waals surface area (Å²) in [4.78, 5) is 10.9. The van der Waals surface area contributed by atoms with Crippen LogP contribution in [0.1, 0.15) is 18.9 Å². The maximum Gasteiger partial charge on any atom is 0.308 e. The van der Waals surface area contributed by atoms with Gasteiger partial charge in [-0.1, -0.05) is 31.6 Å². The second kappa shape index (κ2) is 7.21. The topological polar surface area (TPSA) is 35.5 Å². The van der Waals surface area contributed by atoms with Gasteiger partial charge >= 0.3 is 5.97 Å². The van der Waals surface area contributed by atoms with E-state index < -0.39 is 0 Å². The minimum absolute atomic E-state index is 0.144. The molecule has 0 saturated heterocycles.